The fourth-order valence-corrected chi connectivity index (χ4v) is 2.82. The van der Waals surface area contributed by atoms with Gasteiger partial charge in [0.05, 0.1) is 22.0 Å². The monoisotopic (exact) mass is 405 g/mol. The second-order valence-corrected chi connectivity index (χ2v) is 6.82. The van der Waals surface area contributed by atoms with Crippen LogP contribution in [-0.2, 0) is 6.18 Å². The van der Waals surface area contributed by atoms with E-state index in [0.717, 1.165) is 18.9 Å². The van der Waals surface area contributed by atoms with Crippen molar-refractivity contribution in [2.45, 2.75) is 25.1 Å². The van der Waals surface area contributed by atoms with E-state index in [0.29, 0.717) is 29.2 Å². The lowest BCUT2D eigenvalue weighted by molar-refractivity contribution is -0.137. The normalized spacial score (nSPS) is 14.0. The zero-order chi connectivity index (χ0) is 19.7. The van der Waals surface area contributed by atoms with Crippen LogP contribution in [0.2, 0.25) is 5.02 Å². The lowest BCUT2D eigenvalue weighted by Gasteiger charge is -2.13. The Bertz CT molecular complexity index is 991. The van der Waals surface area contributed by atoms with E-state index in [-0.39, 0.29) is 10.7 Å². The first-order valence-corrected chi connectivity index (χ1v) is 8.97. The zero-order valence-electron chi connectivity index (χ0n) is 14.5. The summed E-state index contributed by atoms with van der Waals surface area (Å²) >= 11 is 5.69. The summed E-state index contributed by atoms with van der Waals surface area (Å²) in [5.41, 5.74) is 0.513. The number of anilines is 3. The summed E-state index contributed by atoms with van der Waals surface area (Å²) in [5, 5.41) is 5.76. The molecule has 0 unspecified atom stereocenters. The first kappa shape index (κ1) is 18.5. The Morgan fingerprint density at radius 3 is 2.50 bits per heavy atom. The predicted octanol–water partition coefficient (Wildman–Crippen LogP) is 5.53. The van der Waals surface area contributed by atoms with Gasteiger partial charge in [0.15, 0.2) is 0 Å². The molecule has 28 heavy (non-hydrogen) atoms. The van der Waals surface area contributed by atoms with Gasteiger partial charge in [-0.3, -0.25) is 4.98 Å². The summed E-state index contributed by atoms with van der Waals surface area (Å²) in [6, 6.07) is 11.0. The highest BCUT2D eigenvalue weighted by Crippen LogP contribution is 2.37. The Kier molecular flexibility index (Phi) is 4.80. The van der Waals surface area contributed by atoms with Crippen LogP contribution in [0, 0.1) is 0 Å². The van der Waals surface area contributed by atoms with Crippen LogP contribution in [0.1, 0.15) is 18.4 Å². The number of benzene rings is 1. The molecule has 0 aliphatic heterocycles. The average Bonchev–Trinajstić information content (AvgIpc) is 3.47. The molecular weight excluding hydrogens is 391 g/mol. The third-order valence-electron chi connectivity index (χ3n) is 4.11. The lowest BCUT2D eigenvalue weighted by atomic mass is 10.2. The minimum absolute atomic E-state index is 0.222. The Morgan fingerprint density at radius 2 is 1.82 bits per heavy atom. The quantitative estimate of drug-likeness (QED) is 0.584. The Hall–Kier alpha value is -2.87. The Labute approximate surface area is 164 Å². The standard InChI is InChI=1S/C19H15ClF3N5/c20-14-7-6-12(9-13(14)19(21,22)23)25-17-10-16(15-3-1-2-8-24-15)27-18(28-17)26-11-4-5-11/h1-3,6-11H,4-5H2,(H2,25,26,27,28). The molecule has 1 aromatic carbocycles. The molecule has 0 spiro atoms. The minimum Gasteiger partial charge on any atom is -0.351 e. The summed E-state index contributed by atoms with van der Waals surface area (Å²) in [7, 11) is 0. The molecule has 1 aliphatic rings. The van der Waals surface area contributed by atoms with E-state index >= 15 is 0 Å². The molecule has 144 valence electrons. The van der Waals surface area contributed by atoms with Gasteiger partial charge in [0.2, 0.25) is 5.95 Å². The number of halogens is 4. The van der Waals surface area contributed by atoms with Crippen LogP contribution in [0.25, 0.3) is 11.4 Å². The fraction of sp³-hybridized carbons (Fsp3) is 0.211. The van der Waals surface area contributed by atoms with Crippen molar-refractivity contribution < 1.29 is 13.2 Å². The maximum atomic E-state index is 13.1. The van der Waals surface area contributed by atoms with Crippen molar-refractivity contribution in [3.05, 3.63) is 59.2 Å². The zero-order valence-corrected chi connectivity index (χ0v) is 15.2. The van der Waals surface area contributed by atoms with E-state index < -0.39 is 11.7 Å². The van der Waals surface area contributed by atoms with E-state index in [4.69, 9.17) is 11.6 Å². The molecule has 0 bridgehead atoms. The van der Waals surface area contributed by atoms with Crippen molar-refractivity contribution in [2.24, 2.45) is 0 Å². The molecule has 0 amide bonds. The van der Waals surface area contributed by atoms with Gasteiger partial charge in [0, 0.05) is 24.0 Å². The van der Waals surface area contributed by atoms with Gasteiger partial charge in [-0.15, -0.1) is 0 Å². The first-order valence-electron chi connectivity index (χ1n) is 8.59. The van der Waals surface area contributed by atoms with Crippen LogP contribution in [0.3, 0.4) is 0 Å². The molecule has 1 aliphatic carbocycles. The predicted molar refractivity (Wildman–Crippen MR) is 102 cm³/mol. The Balaban J connectivity index is 1.69. The van der Waals surface area contributed by atoms with E-state index in [2.05, 4.69) is 25.6 Å². The van der Waals surface area contributed by atoms with Crippen molar-refractivity contribution in [3.8, 4) is 11.4 Å². The maximum absolute atomic E-state index is 13.1. The van der Waals surface area contributed by atoms with Crippen molar-refractivity contribution in [1.82, 2.24) is 15.0 Å². The Morgan fingerprint density at radius 1 is 1.00 bits per heavy atom. The van der Waals surface area contributed by atoms with Crippen LogP contribution in [0.15, 0.2) is 48.7 Å². The van der Waals surface area contributed by atoms with Crippen molar-refractivity contribution in [2.75, 3.05) is 10.6 Å². The lowest BCUT2D eigenvalue weighted by Crippen LogP contribution is -2.09. The number of pyridine rings is 1. The molecule has 0 saturated heterocycles. The minimum atomic E-state index is -4.54. The van der Waals surface area contributed by atoms with E-state index in [1.807, 2.05) is 6.07 Å². The highest BCUT2D eigenvalue weighted by molar-refractivity contribution is 6.31. The van der Waals surface area contributed by atoms with Gasteiger partial charge >= 0.3 is 6.18 Å². The van der Waals surface area contributed by atoms with Gasteiger partial charge in [-0.05, 0) is 43.2 Å². The number of nitrogens with zero attached hydrogens (tertiary/aromatic N) is 3. The largest absolute Gasteiger partial charge is 0.417 e. The number of hydrogen-bond donors (Lipinski definition) is 2. The number of nitrogens with one attached hydrogen (secondary N) is 2. The molecule has 2 N–H and O–H groups in total. The van der Waals surface area contributed by atoms with Crippen LogP contribution < -0.4 is 10.6 Å². The van der Waals surface area contributed by atoms with Crippen LogP contribution >= 0.6 is 11.6 Å². The fourth-order valence-electron chi connectivity index (χ4n) is 2.60. The number of hydrogen-bond acceptors (Lipinski definition) is 5. The molecule has 9 heteroatoms. The molecule has 4 rings (SSSR count). The van der Waals surface area contributed by atoms with Gasteiger partial charge < -0.3 is 10.6 Å². The molecule has 2 aromatic heterocycles. The number of aromatic nitrogens is 3. The summed E-state index contributed by atoms with van der Waals surface area (Å²) < 4.78 is 39.3. The topological polar surface area (TPSA) is 62.7 Å². The average molecular weight is 406 g/mol. The van der Waals surface area contributed by atoms with Crippen molar-refractivity contribution >= 4 is 29.1 Å². The van der Waals surface area contributed by atoms with E-state index in [1.54, 1.807) is 24.4 Å². The molecule has 1 saturated carbocycles. The van der Waals surface area contributed by atoms with E-state index in [9.17, 15) is 13.2 Å². The maximum Gasteiger partial charge on any atom is 0.417 e. The summed E-state index contributed by atoms with van der Waals surface area (Å²) in [6.07, 6.45) is -0.830. The van der Waals surface area contributed by atoms with Gasteiger partial charge in [0.25, 0.3) is 0 Å². The first-order chi connectivity index (χ1) is 13.4. The summed E-state index contributed by atoms with van der Waals surface area (Å²) in [6.45, 7) is 0. The molecule has 0 atom stereocenters. The van der Waals surface area contributed by atoms with Gasteiger partial charge in [-0.25, -0.2) is 4.98 Å². The van der Waals surface area contributed by atoms with Crippen LogP contribution in [0.5, 0.6) is 0 Å². The van der Waals surface area contributed by atoms with Crippen molar-refractivity contribution in [3.63, 3.8) is 0 Å². The highest BCUT2D eigenvalue weighted by Gasteiger charge is 2.33. The molecule has 0 radical (unpaired) electrons. The van der Waals surface area contributed by atoms with Gasteiger partial charge in [-0.2, -0.15) is 18.2 Å². The third-order valence-corrected chi connectivity index (χ3v) is 4.44. The van der Waals surface area contributed by atoms with Gasteiger partial charge in [-0.1, -0.05) is 17.7 Å². The number of rotatable bonds is 5. The molecule has 1 fully saturated rings. The van der Waals surface area contributed by atoms with Crippen LogP contribution in [0.4, 0.5) is 30.6 Å². The summed E-state index contributed by atoms with van der Waals surface area (Å²) in [5.74, 6) is 0.757. The smallest absolute Gasteiger partial charge is 0.351 e. The summed E-state index contributed by atoms with van der Waals surface area (Å²) in [4.78, 5) is 13.1. The van der Waals surface area contributed by atoms with Crippen molar-refractivity contribution in [1.29, 1.82) is 0 Å². The van der Waals surface area contributed by atoms with Gasteiger partial charge in [0.1, 0.15) is 5.82 Å². The second kappa shape index (κ2) is 7.27. The SMILES string of the molecule is FC(F)(F)c1cc(Nc2cc(-c3ccccn3)nc(NC3CC3)n2)ccc1Cl. The molecule has 5 nitrogen and oxygen atoms in total. The molecular formula is C19H15ClF3N5. The molecule has 3 aromatic rings. The second-order valence-electron chi connectivity index (χ2n) is 6.41. The number of alkyl halides is 3. The third kappa shape index (κ3) is 4.33. The van der Waals surface area contributed by atoms with E-state index in [1.165, 1.54) is 12.1 Å². The highest BCUT2D eigenvalue weighted by atomic mass is 35.5. The molecule has 2 heterocycles. The van der Waals surface area contributed by atoms with Crippen LogP contribution in [-0.4, -0.2) is 21.0 Å².